The maximum atomic E-state index is 12.6. The first-order valence-electron chi connectivity index (χ1n) is 8.64. The largest absolute Gasteiger partial charge is 0.296 e. The van der Waals surface area contributed by atoms with Gasteiger partial charge in [-0.3, -0.25) is 10.1 Å². The number of hydrogen-bond donors (Lipinski definition) is 2. The van der Waals surface area contributed by atoms with Crippen LogP contribution in [0.25, 0.3) is 0 Å². The number of sulfonamides is 1. The molecule has 0 aliphatic heterocycles. The zero-order valence-electron chi connectivity index (χ0n) is 14.3. The highest BCUT2D eigenvalue weighted by atomic mass is 32.2. The molecule has 1 heterocycles. The van der Waals surface area contributed by atoms with Crippen molar-refractivity contribution >= 4 is 32.4 Å². The van der Waals surface area contributed by atoms with Crippen molar-refractivity contribution in [3.8, 4) is 0 Å². The van der Waals surface area contributed by atoms with Crippen molar-refractivity contribution in [2.24, 2.45) is 11.8 Å². The normalized spacial score (nSPS) is 24.7. The van der Waals surface area contributed by atoms with E-state index < -0.39 is 10.0 Å². The summed E-state index contributed by atoms with van der Waals surface area (Å²) in [5.41, 5.74) is 1.54. The van der Waals surface area contributed by atoms with Gasteiger partial charge >= 0.3 is 0 Å². The van der Waals surface area contributed by atoms with Crippen LogP contribution < -0.4 is 10.0 Å². The van der Waals surface area contributed by atoms with Crippen molar-refractivity contribution in [1.29, 1.82) is 0 Å². The lowest BCUT2D eigenvalue weighted by Crippen LogP contribution is -2.38. The fourth-order valence-corrected chi connectivity index (χ4v) is 6.11. The van der Waals surface area contributed by atoms with E-state index in [4.69, 9.17) is 0 Å². The SMILES string of the molecule is Cc1ccc(C(=O)Nc2nnc(S(=O)(=O)N[C@@H]3C[C@@H]4CC[C@@H]3C4)s2)cc1. The number of hydrogen-bond acceptors (Lipinski definition) is 6. The van der Waals surface area contributed by atoms with E-state index in [2.05, 4.69) is 20.2 Å². The minimum Gasteiger partial charge on any atom is -0.296 e. The maximum absolute atomic E-state index is 12.6. The molecule has 1 aromatic heterocycles. The predicted octanol–water partition coefficient (Wildman–Crippen LogP) is 2.57. The highest BCUT2D eigenvalue weighted by molar-refractivity contribution is 7.91. The van der Waals surface area contributed by atoms with Crippen LogP contribution >= 0.6 is 11.3 Å². The van der Waals surface area contributed by atoms with Gasteiger partial charge in [-0.1, -0.05) is 35.5 Å². The van der Waals surface area contributed by atoms with Crippen molar-refractivity contribution in [3.63, 3.8) is 0 Å². The van der Waals surface area contributed by atoms with Gasteiger partial charge in [0.15, 0.2) is 0 Å². The van der Waals surface area contributed by atoms with E-state index >= 15 is 0 Å². The van der Waals surface area contributed by atoms with E-state index in [1.165, 1.54) is 6.42 Å². The van der Waals surface area contributed by atoms with Crippen molar-refractivity contribution in [1.82, 2.24) is 14.9 Å². The molecule has 0 radical (unpaired) electrons. The zero-order valence-corrected chi connectivity index (χ0v) is 15.9. The van der Waals surface area contributed by atoms with Crippen molar-refractivity contribution < 1.29 is 13.2 Å². The van der Waals surface area contributed by atoms with E-state index in [9.17, 15) is 13.2 Å². The second-order valence-corrected chi connectivity index (χ2v) is 9.96. The van der Waals surface area contributed by atoms with Crippen LogP contribution in [0, 0.1) is 18.8 Å². The summed E-state index contributed by atoms with van der Waals surface area (Å²) in [6.07, 6.45) is 4.31. The van der Waals surface area contributed by atoms with Crippen LogP contribution in [0.2, 0.25) is 0 Å². The molecule has 9 heteroatoms. The number of carbonyl (C=O) groups is 1. The lowest BCUT2D eigenvalue weighted by atomic mass is 9.96. The molecule has 138 valence electrons. The highest BCUT2D eigenvalue weighted by Crippen LogP contribution is 2.44. The second kappa shape index (κ2) is 6.71. The molecule has 0 saturated heterocycles. The summed E-state index contributed by atoms with van der Waals surface area (Å²) in [7, 11) is -3.71. The van der Waals surface area contributed by atoms with Gasteiger partial charge in [0.05, 0.1) is 0 Å². The lowest BCUT2D eigenvalue weighted by Gasteiger charge is -2.21. The predicted molar refractivity (Wildman–Crippen MR) is 98.6 cm³/mol. The molecule has 2 saturated carbocycles. The Morgan fingerprint density at radius 1 is 1.15 bits per heavy atom. The average molecular weight is 393 g/mol. The molecule has 2 aliphatic rings. The Balaban J connectivity index is 1.43. The number of nitrogens with zero attached hydrogens (tertiary/aromatic N) is 2. The quantitative estimate of drug-likeness (QED) is 0.762. The summed E-state index contributed by atoms with van der Waals surface area (Å²) in [6, 6.07) is 7.09. The van der Waals surface area contributed by atoms with E-state index in [1.807, 2.05) is 19.1 Å². The Morgan fingerprint density at radius 3 is 2.58 bits per heavy atom. The van der Waals surface area contributed by atoms with Crippen molar-refractivity contribution in [2.45, 2.75) is 43.0 Å². The van der Waals surface area contributed by atoms with E-state index in [0.717, 1.165) is 36.2 Å². The number of fused-ring (bicyclic) bond motifs is 2. The number of carbonyl (C=O) groups excluding carboxylic acids is 1. The molecular formula is C17H20N4O3S2. The molecule has 0 unspecified atom stereocenters. The van der Waals surface area contributed by atoms with E-state index in [1.54, 1.807) is 12.1 Å². The molecule has 2 fully saturated rings. The van der Waals surface area contributed by atoms with Crippen LogP contribution in [0.4, 0.5) is 5.13 Å². The standard InChI is InChI=1S/C17H20N4O3S2/c1-10-2-5-12(6-3-10)15(22)18-16-19-20-17(25-16)26(23,24)21-14-9-11-4-7-13(14)8-11/h2-3,5-6,11,13-14,21H,4,7-9H2,1H3,(H,18,19,22)/t11-,13-,14-/m1/s1. The molecule has 2 N–H and O–H groups in total. The first-order valence-corrected chi connectivity index (χ1v) is 10.9. The lowest BCUT2D eigenvalue weighted by molar-refractivity contribution is 0.102. The number of amides is 1. The second-order valence-electron chi connectivity index (χ2n) is 7.10. The number of anilines is 1. The van der Waals surface area contributed by atoms with Gasteiger partial charge in [-0.05, 0) is 50.2 Å². The summed E-state index contributed by atoms with van der Waals surface area (Å²) in [6.45, 7) is 1.94. The van der Waals surface area contributed by atoms with Crippen LogP contribution in [-0.4, -0.2) is 30.6 Å². The Labute approximate surface area is 156 Å². The van der Waals surface area contributed by atoms with Crippen LogP contribution in [0.1, 0.15) is 41.6 Å². The van der Waals surface area contributed by atoms with Gasteiger partial charge in [0.1, 0.15) is 0 Å². The molecule has 0 spiro atoms. The Kier molecular flexibility index (Phi) is 4.54. The van der Waals surface area contributed by atoms with Crippen LogP contribution in [0.15, 0.2) is 28.6 Å². The van der Waals surface area contributed by atoms with Crippen LogP contribution in [-0.2, 0) is 10.0 Å². The third-order valence-corrected chi connectivity index (χ3v) is 7.91. The molecule has 26 heavy (non-hydrogen) atoms. The third kappa shape index (κ3) is 3.51. The van der Waals surface area contributed by atoms with Gasteiger partial charge in [-0.25, -0.2) is 13.1 Å². The van der Waals surface area contributed by atoms with Gasteiger partial charge in [-0.15, -0.1) is 10.2 Å². The molecule has 2 aromatic rings. The Hall–Kier alpha value is -1.84. The van der Waals surface area contributed by atoms with Crippen LogP contribution in [0.5, 0.6) is 0 Å². The molecule has 3 atom stereocenters. The number of benzene rings is 1. The van der Waals surface area contributed by atoms with E-state index in [0.29, 0.717) is 17.4 Å². The zero-order chi connectivity index (χ0) is 18.3. The third-order valence-electron chi connectivity index (χ3n) is 5.22. The average Bonchev–Trinajstić information content (AvgIpc) is 3.32. The first kappa shape index (κ1) is 17.6. The molecular weight excluding hydrogens is 372 g/mol. The number of aryl methyl sites for hydroxylation is 1. The molecule has 2 bridgehead atoms. The summed E-state index contributed by atoms with van der Waals surface area (Å²) in [5.74, 6) is 0.737. The molecule has 1 aromatic carbocycles. The highest BCUT2D eigenvalue weighted by Gasteiger charge is 2.41. The number of aromatic nitrogens is 2. The number of rotatable bonds is 5. The smallest absolute Gasteiger partial charge is 0.270 e. The molecule has 4 rings (SSSR count). The molecule has 2 aliphatic carbocycles. The monoisotopic (exact) mass is 392 g/mol. The van der Waals surface area contributed by atoms with Gasteiger partial charge in [-0.2, -0.15) is 0 Å². The van der Waals surface area contributed by atoms with Crippen molar-refractivity contribution in [2.75, 3.05) is 5.32 Å². The number of nitrogens with one attached hydrogen (secondary N) is 2. The molecule has 7 nitrogen and oxygen atoms in total. The first-order chi connectivity index (χ1) is 12.4. The van der Waals surface area contributed by atoms with Gasteiger partial charge < -0.3 is 0 Å². The van der Waals surface area contributed by atoms with Crippen molar-refractivity contribution in [3.05, 3.63) is 35.4 Å². The molecule has 1 amide bonds. The topological polar surface area (TPSA) is 101 Å². The Morgan fingerprint density at radius 2 is 1.92 bits per heavy atom. The Bertz CT molecular complexity index is 924. The summed E-state index contributed by atoms with van der Waals surface area (Å²) >= 11 is 0.865. The summed E-state index contributed by atoms with van der Waals surface area (Å²) < 4.78 is 27.8. The van der Waals surface area contributed by atoms with E-state index in [-0.39, 0.29) is 21.4 Å². The maximum Gasteiger partial charge on any atom is 0.270 e. The fourth-order valence-electron chi connectivity index (χ4n) is 3.88. The minimum atomic E-state index is -3.71. The van der Waals surface area contributed by atoms with Gasteiger partial charge in [0.25, 0.3) is 15.9 Å². The van der Waals surface area contributed by atoms with Gasteiger partial charge in [0, 0.05) is 11.6 Å². The summed E-state index contributed by atoms with van der Waals surface area (Å²) in [5, 5.41) is 10.3. The van der Waals surface area contributed by atoms with Gasteiger partial charge in [0.2, 0.25) is 9.47 Å². The minimum absolute atomic E-state index is 0.00625. The summed E-state index contributed by atoms with van der Waals surface area (Å²) in [4.78, 5) is 12.2. The van der Waals surface area contributed by atoms with Crippen LogP contribution in [0.3, 0.4) is 0 Å². The fraction of sp³-hybridized carbons (Fsp3) is 0.471.